The fourth-order valence-corrected chi connectivity index (χ4v) is 4.77. The van der Waals surface area contributed by atoms with Crippen LogP contribution in [-0.2, 0) is 11.3 Å². The van der Waals surface area contributed by atoms with Gasteiger partial charge in [0.15, 0.2) is 11.5 Å². The minimum absolute atomic E-state index is 0.0314. The van der Waals surface area contributed by atoms with Crippen molar-refractivity contribution in [3.8, 4) is 17.2 Å². The third kappa shape index (κ3) is 4.12. The Bertz CT molecular complexity index is 1270. The topological polar surface area (TPSA) is 64.4 Å². The maximum atomic E-state index is 13.1. The number of ether oxygens (including phenoxy) is 3. The van der Waals surface area contributed by atoms with Gasteiger partial charge in [0.25, 0.3) is 0 Å². The average Bonchev–Trinajstić information content (AvgIpc) is 3.45. The van der Waals surface area contributed by atoms with E-state index in [1.54, 1.807) is 19.4 Å². The second kappa shape index (κ2) is 9.06. The summed E-state index contributed by atoms with van der Waals surface area (Å²) in [5.74, 6) is 2.39. The number of amides is 1. The molecule has 0 radical (unpaired) electrons. The number of aryl methyl sites for hydroxylation is 2. The standard InChI is InChI=1S/C27H30N2O5/c1-17(21-13-22-18(2)15-32-27(22)19(3)26(21)31-4)11-25(30)29-9-7-28(8-10-29)14-20-5-6-23-24(12-20)34-16-33-23/h5-6,11-13,15H,7-10,14,16H2,1-4H3/b17-11+. The van der Waals surface area contributed by atoms with Crippen molar-refractivity contribution in [3.05, 3.63) is 58.9 Å². The van der Waals surface area contributed by atoms with E-state index in [0.717, 1.165) is 70.1 Å². The molecule has 0 spiro atoms. The summed E-state index contributed by atoms with van der Waals surface area (Å²) in [6.07, 6.45) is 3.49. The smallest absolute Gasteiger partial charge is 0.246 e. The molecular weight excluding hydrogens is 432 g/mol. The molecule has 1 saturated heterocycles. The quantitative estimate of drug-likeness (QED) is 0.519. The summed E-state index contributed by atoms with van der Waals surface area (Å²) in [5.41, 5.74) is 5.84. The average molecular weight is 463 g/mol. The number of fused-ring (bicyclic) bond motifs is 2. The van der Waals surface area contributed by atoms with E-state index < -0.39 is 0 Å². The predicted octanol–water partition coefficient (Wildman–Crippen LogP) is 4.53. The molecule has 2 aliphatic heterocycles. The molecule has 0 atom stereocenters. The summed E-state index contributed by atoms with van der Waals surface area (Å²) in [7, 11) is 1.65. The molecule has 0 saturated carbocycles. The number of allylic oxidation sites excluding steroid dienone is 1. The van der Waals surface area contributed by atoms with E-state index in [0.29, 0.717) is 13.1 Å². The van der Waals surface area contributed by atoms with Gasteiger partial charge in [-0.3, -0.25) is 9.69 Å². The van der Waals surface area contributed by atoms with Crippen molar-refractivity contribution in [3.63, 3.8) is 0 Å². The molecule has 34 heavy (non-hydrogen) atoms. The van der Waals surface area contributed by atoms with E-state index in [1.807, 2.05) is 37.8 Å². The Labute approximate surface area is 199 Å². The van der Waals surface area contributed by atoms with Gasteiger partial charge in [-0.15, -0.1) is 0 Å². The fourth-order valence-electron chi connectivity index (χ4n) is 4.77. The van der Waals surface area contributed by atoms with Crippen molar-refractivity contribution in [2.24, 2.45) is 0 Å². The van der Waals surface area contributed by atoms with E-state index in [2.05, 4.69) is 17.0 Å². The lowest BCUT2D eigenvalue weighted by molar-refractivity contribution is -0.127. The summed E-state index contributed by atoms with van der Waals surface area (Å²) >= 11 is 0. The molecule has 2 aliphatic rings. The fraction of sp³-hybridized carbons (Fsp3) is 0.370. The van der Waals surface area contributed by atoms with Crippen molar-refractivity contribution in [1.29, 1.82) is 0 Å². The monoisotopic (exact) mass is 462 g/mol. The molecule has 7 nitrogen and oxygen atoms in total. The number of methoxy groups -OCH3 is 1. The van der Waals surface area contributed by atoms with Crippen molar-refractivity contribution in [2.75, 3.05) is 40.1 Å². The van der Waals surface area contributed by atoms with Gasteiger partial charge >= 0.3 is 0 Å². The van der Waals surface area contributed by atoms with Crippen molar-refractivity contribution >= 4 is 22.4 Å². The molecule has 0 N–H and O–H groups in total. The number of benzene rings is 2. The zero-order valence-corrected chi connectivity index (χ0v) is 20.1. The summed E-state index contributed by atoms with van der Waals surface area (Å²) in [6.45, 7) is 10.1. The van der Waals surface area contributed by atoms with E-state index in [9.17, 15) is 4.79 Å². The third-order valence-electron chi connectivity index (χ3n) is 6.73. The number of furan rings is 1. The Morgan fingerprint density at radius 3 is 2.62 bits per heavy atom. The first-order valence-electron chi connectivity index (χ1n) is 11.6. The first-order chi connectivity index (χ1) is 16.4. The van der Waals surface area contributed by atoms with Crippen LogP contribution in [0.25, 0.3) is 16.5 Å². The molecule has 0 unspecified atom stereocenters. The predicted molar refractivity (Wildman–Crippen MR) is 130 cm³/mol. The summed E-state index contributed by atoms with van der Waals surface area (Å²) < 4.78 is 22.3. The van der Waals surface area contributed by atoms with Crippen LogP contribution in [0.4, 0.5) is 0 Å². The first-order valence-corrected chi connectivity index (χ1v) is 11.6. The van der Waals surface area contributed by atoms with Crippen LogP contribution in [0.3, 0.4) is 0 Å². The van der Waals surface area contributed by atoms with Gasteiger partial charge in [-0.2, -0.15) is 0 Å². The largest absolute Gasteiger partial charge is 0.496 e. The highest BCUT2D eigenvalue weighted by Gasteiger charge is 2.22. The minimum atomic E-state index is 0.0314. The highest BCUT2D eigenvalue weighted by Crippen LogP contribution is 2.37. The van der Waals surface area contributed by atoms with Gasteiger partial charge in [0.1, 0.15) is 11.3 Å². The number of piperazine rings is 1. The highest BCUT2D eigenvalue weighted by molar-refractivity contribution is 5.98. The van der Waals surface area contributed by atoms with Crippen LogP contribution in [0.1, 0.15) is 29.2 Å². The van der Waals surface area contributed by atoms with Gasteiger partial charge in [0, 0.05) is 55.3 Å². The molecule has 1 amide bonds. The lowest BCUT2D eigenvalue weighted by Crippen LogP contribution is -2.47. The number of hydrogen-bond acceptors (Lipinski definition) is 6. The van der Waals surface area contributed by atoms with E-state index in [4.69, 9.17) is 18.6 Å². The Hall–Kier alpha value is -3.45. The number of rotatable bonds is 5. The van der Waals surface area contributed by atoms with Crippen LogP contribution < -0.4 is 14.2 Å². The van der Waals surface area contributed by atoms with Crippen LogP contribution in [0.2, 0.25) is 0 Å². The summed E-state index contributed by atoms with van der Waals surface area (Å²) in [5, 5.41) is 1.05. The van der Waals surface area contributed by atoms with Crippen LogP contribution in [0.15, 0.2) is 41.0 Å². The Morgan fingerprint density at radius 2 is 1.85 bits per heavy atom. The third-order valence-corrected chi connectivity index (χ3v) is 6.73. The highest BCUT2D eigenvalue weighted by atomic mass is 16.7. The molecule has 7 heteroatoms. The first kappa shape index (κ1) is 22.3. The van der Waals surface area contributed by atoms with E-state index >= 15 is 0 Å². The molecule has 5 rings (SSSR count). The normalized spacial score (nSPS) is 16.4. The lowest BCUT2D eigenvalue weighted by Gasteiger charge is -2.34. The molecule has 1 fully saturated rings. The molecule has 3 heterocycles. The van der Waals surface area contributed by atoms with Gasteiger partial charge in [0.05, 0.1) is 13.4 Å². The Balaban J connectivity index is 1.26. The van der Waals surface area contributed by atoms with Gasteiger partial charge in [-0.25, -0.2) is 0 Å². The van der Waals surface area contributed by atoms with Gasteiger partial charge in [0.2, 0.25) is 12.7 Å². The SMILES string of the molecule is COc1c(/C(C)=C/C(=O)N2CCN(Cc3ccc4c(c3)OCO4)CC2)cc2c(C)coc2c1C. The van der Waals surface area contributed by atoms with Crippen molar-refractivity contribution < 1.29 is 23.4 Å². The second-order valence-electron chi connectivity index (χ2n) is 8.99. The van der Waals surface area contributed by atoms with Crippen molar-refractivity contribution in [2.45, 2.75) is 27.3 Å². The maximum absolute atomic E-state index is 13.1. The zero-order valence-electron chi connectivity index (χ0n) is 20.1. The van der Waals surface area contributed by atoms with Gasteiger partial charge in [-0.1, -0.05) is 6.07 Å². The van der Waals surface area contributed by atoms with Gasteiger partial charge < -0.3 is 23.5 Å². The Kier molecular flexibility index (Phi) is 5.96. The van der Waals surface area contributed by atoms with Crippen molar-refractivity contribution in [1.82, 2.24) is 9.80 Å². The zero-order chi connectivity index (χ0) is 23.8. The number of carbonyl (C=O) groups excluding carboxylic acids is 1. The van der Waals surface area contributed by atoms with E-state index in [1.165, 1.54) is 5.56 Å². The molecule has 2 aromatic carbocycles. The summed E-state index contributed by atoms with van der Waals surface area (Å²) in [4.78, 5) is 17.4. The second-order valence-corrected chi connectivity index (χ2v) is 8.99. The van der Waals surface area contributed by atoms with Crippen LogP contribution >= 0.6 is 0 Å². The number of nitrogens with zero attached hydrogens (tertiary/aromatic N) is 2. The molecule has 178 valence electrons. The Morgan fingerprint density at radius 1 is 1.09 bits per heavy atom. The van der Waals surface area contributed by atoms with Gasteiger partial charge in [-0.05, 0) is 55.7 Å². The number of hydrogen-bond donors (Lipinski definition) is 0. The molecule has 1 aromatic heterocycles. The van der Waals surface area contributed by atoms with Crippen LogP contribution in [0.5, 0.6) is 17.2 Å². The molecule has 0 aliphatic carbocycles. The van der Waals surface area contributed by atoms with Crippen LogP contribution in [0, 0.1) is 13.8 Å². The van der Waals surface area contributed by atoms with Crippen LogP contribution in [-0.4, -0.2) is 55.8 Å². The maximum Gasteiger partial charge on any atom is 0.246 e. The molecule has 3 aromatic rings. The molecule has 0 bridgehead atoms. The van der Waals surface area contributed by atoms with E-state index in [-0.39, 0.29) is 12.7 Å². The number of carbonyl (C=O) groups is 1. The summed E-state index contributed by atoms with van der Waals surface area (Å²) in [6, 6.07) is 8.14. The lowest BCUT2D eigenvalue weighted by atomic mass is 9.98. The minimum Gasteiger partial charge on any atom is -0.496 e. The molecular formula is C27H30N2O5.